The van der Waals surface area contributed by atoms with E-state index in [0.29, 0.717) is 19.5 Å². The summed E-state index contributed by atoms with van der Waals surface area (Å²) in [5, 5.41) is 12.0. The van der Waals surface area contributed by atoms with Gasteiger partial charge in [0, 0.05) is 25.7 Å². The number of hydrogen-bond acceptors (Lipinski definition) is 3. The highest BCUT2D eigenvalue weighted by Crippen LogP contribution is 2.17. The summed E-state index contributed by atoms with van der Waals surface area (Å²) in [7, 11) is 0. The fourth-order valence-electron chi connectivity index (χ4n) is 2.87. The number of carboxylic acid groups (broad SMARTS) is 1. The van der Waals surface area contributed by atoms with E-state index >= 15 is 0 Å². The quantitative estimate of drug-likeness (QED) is 0.786. The van der Waals surface area contributed by atoms with Gasteiger partial charge < -0.3 is 20.2 Å². The molecular weight excluding hydrogens is 246 g/mol. The highest BCUT2D eigenvalue weighted by atomic mass is 16.4. The van der Waals surface area contributed by atoms with Crippen LogP contribution in [0, 0.1) is 5.92 Å². The summed E-state index contributed by atoms with van der Waals surface area (Å²) in [4.78, 5) is 26.9. The van der Waals surface area contributed by atoms with Crippen molar-refractivity contribution < 1.29 is 14.7 Å². The van der Waals surface area contributed by atoms with Gasteiger partial charge in [0.25, 0.3) is 0 Å². The van der Waals surface area contributed by atoms with Gasteiger partial charge in [-0.1, -0.05) is 6.92 Å². The second-order valence-corrected chi connectivity index (χ2v) is 5.45. The molecule has 6 nitrogen and oxygen atoms in total. The zero-order chi connectivity index (χ0) is 13.8. The fourth-order valence-corrected chi connectivity index (χ4v) is 2.87. The van der Waals surface area contributed by atoms with E-state index in [4.69, 9.17) is 5.11 Å². The third-order valence-corrected chi connectivity index (χ3v) is 4.11. The lowest BCUT2D eigenvalue weighted by atomic mass is 10.1. The van der Waals surface area contributed by atoms with E-state index in [0.717, 1.165) is 32.5 Å². The molecule has 2 aliphatic rings. The van der Waals surface area contributed by atoms with Gasteiger partial charge in [-0.05, 0) is 32.4 Å². The summed E-state index contributed by atoms with van der Waals surface area (Å²) in [6.07, 6.45) is 2.68. The number of carboxylic acids is 1. The topological polar surface area (TPSA) is 72.9 Å². The van der Waals surface area contributed by atoms with Gasteiger partial charge >= 0.3 is 12.0 Å². The van der Waals surface area contributed by atoms with E-state index in [-0.39, 0.29) is 12.1 Å². The number of nitrogens with one attached hydrogen (secondary N) is 1. The average molecular weight is 269 g/mol. The molecule has 2 unspecified atom stereocenters. The number of hydrogen-bond donors (Lipinski definition) is 2. The Hall–Kier alpha value is -1.30. The number of likely N-dealkylation sites (tertiary alicyclic amines) is 2. The van der Waals surface area contributed by atoms with Crippen LogP contribution in [0.3, 0.4) is 0 Å². The van der Waals surface area contributed by atoms with Gasteiger partial charge in [0.15, 0.2) is 0 Å². The third kappa shape index (κ3) is 3.59. The lowest BCUT2D eigenvalue weighted by molar-refractivity contribution is -0.141. The lowest BCUT2D eigenvalue weighted by Crippen LogP contribution is -2.51. The first kappa shape index (κ1) is 14.1. The Morgan fingerprint density at radius 2 is 2.05 bits per heavy atom. The van der Waals surface area contributed by atoms with E-state index in [1.807, 2.05) is 0 Å². The standard InChI is InChI=1S/C13H23N3O3/c1-2-15-6-3-4-11(9-15)14-13(19)16-7-5-10(8-16)12(17)18/h10-11H,2-9H2,1H3,(H,14,19)(H,17,18). The molecule has 0 aliphatic carbocycles. The van der Waals surface area contributed by atoms with Crippen molar-refractivity contribution in [1.29, 1.82) is 0 Å². The van der Waals surface area contributed by atoms with Gasteiger partial charge in [-0.3, -0.25) is 4.79 Å². The summed E-state index contributed by atoms with van der Waals surface area (Å²) in [6.45, 7) is 6.03. The highest BCUT2D eigenvalue weighted by molar-refractivity contribution is 5.77. The molecule has 2 saturated heterocycles. The third-order valence-electron chi connectivity index (χ3n) is 4.11. The lowest BCUT2D eigenvalue weighted by Gasteiger charge is -2.33. The fraction of sp³-hybridized carbons (Fsp3) is 0.846. The zero-order valence-electron chi connectivity index (χ0n) is 11.5. The van der Waals surface area contributed by atoms with Crippen LogP contribution >= 0.6 is 0 Å². The molecule has 6 heteroatoms. The normalized spacial score (nSPS) is 28.4. The smallest absolute Gasteiger partial charge is 0.317 e. The number of likely N-dealkylation sites (N-methyl/N-ethyl adjacent to an activating group) is 1. The Morgan fingerprint density at radius 1 is 1.26 bits per heavy atom. The molecule has 108 valence electrons. The number of piperidine rings is 1. The van der Waals surface area contributed by atoms with Crippen LogP contribution < -0.4 is 5.32 Å². The van der Waals surface area contributed by atoms with Crippen LogP contribution in [0.5, 0.6) is 0 Å². The second kappa shape index (κ2) is 6.23. The van der Waals surface area contributed by atoms with Crippen molar-refractivity contribution in [3.05, 3.63) is 0 Å². The molecule has 2 fully saturated rings. The van der Waals surface area contributed by atoms with Crippen LogP contribution in [0.15, 0.2) is 0 Å². The molecule has 0 spiro atoms. The molecule has 2 heterocycles. The zero-order valence-corrected chi connectivity index (χ0v) is 11.5. The van der Waals surface area contributed by atoms with Crippen molar-refractivity contribution in [3.63, 3.8) is 0 Å². The molecule has 2 N–H and O–H groups in total. The van der Waals surface area contributed by atoms with Crippen molar-refractivity contribution in [2.75, 3.05) is 32.7 Å². The molecule has 0 bridgehead atoms. The maximum atomic E-state index is 12.1. The van der Waals surface area contributed by atoms with Gasteiger partial charge in [-0.15, -0.1) is 0 Å². The van der Waals surface area contributed by atoms with Gasteiger partial charge in [-0.25, -0.2) is 4.79 Å². The number of amides is 2. The summed E-state index contributed by atoms with van der Waals surface area (Å²) in [5.74, 6) is -1.20. The molecule has 0 aromatic heterocycles. The van der Waals surface area contributed by atoms with E-state index in [9.17, 15) is 9.59 Å². The predicted molar refractivity (Wildman–Crippen MR) is 71.0 cm³/mol. The highest BCUT2D eigenvalue weighted by Gasteiger charge is 2.32. The Labute approximate surface area is 113 Å². The van der Waals surface area contributed by atoms with Crippen molar-refractivity contribution in [1.82, 2.24) is 15.1 Å². The summed E-state index contributed by atoms with van der Waals surface area (Å²) in [6, 6.07) is 0.0942. The van der Waals surface area contributed by atoms with Crippen molar-refractivity contribution in [2.24, 2.45) is 5.92 Å². The number of nitrogens with zero attached hydrogens (tertiary/aromatic N) is 2. The SMILES string of the molecule is CCN1CCCC(NC(=O)N2CCC(C(=O)O)C2)C1. The molecule has 2 aliphatic heterocycles. The van der Waals surface area contributed by atoms with Crippen LogP contribution in [-0.4, -0.2) is 65.7 Å². The first-order valence-corrected chi connectivity index (χ1v) is 7.10. The Bertz CT molecular complexity index is 348. The maximum Gasteiger partial charge on any atom is 0.317 e. The van der Waals surface area contributed by atoms with E-state index in [1.54, 1.807) is 4.90 Å². The van der Waals surface area contributed by atoms with Crippen LogP contribution in [0.4, 0.5) is 4.79 Å². The monoisotopic (exact) mass is 269 g/mol. The number of carbonyl (C=O) groups excluding carboxylic acids is 1. The van der Waals surface area contributed by atoms with E-state index in [2.05, 4.69) is 17.1 Å². The molecule has 0 radical (unpaired) electrons. The van der Waals surface area contributed by atoms with Crippen molar-refractivity contribution in [3.8, 4) is 0 Å². The molecule has 0 saturated carbocycles. The number of urea groups is 1. The van der Waals surface area contributed by atoms with E-state index in [1.165, 1.54) is 0 Å². The maximum absolute atomic E-state index is 12.1. The molecule has 0 aromatic rings. The van der Waals surface area contributed by atoms with Crippen LogP contribution in [-0.2, 0) is 4.79 Å². The van der Waals surface area contributed by atoms with Gasteiger partial charge in [0.05, 0.1) is 5.92 Å². The summed E-state index contributed by atoms with van der Waals surface area (Å²) >= 11 is 0. The summed E-state index contributed by atoms with van der Waals surface area (Å²) in [5.41, 5.74) is 0. The minimum Gasteiger partial charge on any atom is -0.481 e. The van der Waals surface area contributed by atoms with Gasteiger partial charge in [0.2, 0.25) is 0 Å². The molecule has 19 heavy (non-hydrogen) atoms. The van der Waals surface area contributed by atoms with Gasteiger partial charge in [0.1, 0.15) is 0 Å². The molecule has 2 atom stereocenters. The van der Waals surface area contributed by atoms with Crippen LogP contribution in [0.25, 0.3) is 0 Å². The van der Waals surface area contributed by atoms with Crippen LogP contribution in [0.1, 0.15) is 26.2 Å². The molecule has 2 amide bonds. The summed E-state index contributed by atoms with van der Waals surface area (Å²) < 4.78 is 0. The average Bonchev–Trinajstić information content (AvgIpc) is 2.89. The minimum absolute atomic E-state index is 0.105. The Balaban J connectivity index is 1.79. The Morgan fingerprint density at radius 3 is 2.68 bits per heavy atom. The molecular formula is C13H23N3O3. The first-order chi connectivity index (χ1) is 9.10. The molecule has 2 rings (SSSR count). The number of rotatable bonds is 3. The van der Waals surface area contributed by atoms with Crippen molar-refractivity contribution >= 4 is 12.0 Å². The minimum atomic E-state index is -0.801. The van der Waals surface area contributed by atoms with Crippen LogP contribution in [0.2, 0.25) is 0 Å². The number of carbonyl (C=O) groups is 2. The van der Waals surface area contributed by atoms with Gasteiger partial charge in [-0.2, -0.15) is 0 Å². The number of aliphatic carboxylic acids is 1. The second-order valence-electron chi connectivity index (χ2n) is 5.45. The Kier molecular flexibility index (Phi) is 4.63. The molecule has 0 aromatic carbocycles. The largest absolute Gasteiger partial charge is 0.481 e. The van der Waals surface area contributed by atoms with Crippen molar-refractivity contribution in [2.45, 2.75) is 32.2 Å². The first-order valence-electron chi connectivity index (χ1n) is 7.10. The predicted octanol–water partition coefficient (Wildman–Crippen LogP) is 0.587. The van der Waals surface area contributed by atoms with E-state index < -0.39 is 11.9 Å².